The van der Waals surface area contributed by atoms with Gasteiger partial charge in [0.1, 0.15) is 17.5 Å². The van der Waals surface area contributed by atoms with Crippen LogP contribution in [0.5, 0.6) is 11.5 Å². The van der Waals surface area contributed by atoms with Crippen LogP contribution in [-0.2, 0) is 4.79 Å². The average molecular weight is 342 g/mol. The van der Waals surface area contributed by atoms with Crippen LogP contribution in [0, 0.1) is 0 Å². The summed E-state index contributed by atoms with van der Waals surface area (Å²) in [6.45, 7) is 0.685. The topological polar surface area (TPSA) is 32.8 Å². The molecule has 3 aromatic carbocycles. The second kappa shape index (κ2) is 5.92. The molecule has 0 aromatic heterocycles. The number of carbonyl (C=O) groups excluding carboxylic acids is 1. The lowest BCUT2D eigenvalue weighted by molar-refractivity contribution is -0.129. The van der Waals surface area contributed by atoms with Gasteiger partial charge in [0, 0.05) is 24.1 Å². The van der Waals surface area contributed by atoms with Crippen LogP contribution in [0.4, 0.5) is 5.69 Å². The van der Waals surface area contributed by atoms with Crippen molar-refractivity contribution in [2.24, 2.45) is 0 Å². The van der Waals surface area contributed by atoms with E-state index in [-0.39, 0.29) is 11.9 Å². The van der Waals surface area contributed by atoms with Crippen molar-refractivity contribution < 1.29 is 9.53 Å². The van der Waals surface area contributed by atoms with Crippen molar-refractivity contribution in [1.82, 2.24) is 5.01 Å². The van der Waals surface area contributed by atoms with Gasteiger partial charge in [0.15, 0.2) is 0 Å². The van der Waals surface area contributed by atoms with Gasteiger partial charge in [-0.1, -0.05) is 54.6 Å². The number of para-hydroxylation sites is 3. The maximum absolute atomic E-state index is 12.9. The lowest BCUT2D eigenvalue weighted by atomic mass is 9.94. The summed E-state index contributed by atoms with van der Waals surface area (Å²) in [6.07, 6.45) is 0.511. The first kappa shape index (κ1) is 15.0. The Kier molecular flexibility index (Phi) is 3.42. The number of amides is 1. The summed E-state index contributed by atoms with van der Waals surface area (Å²) < 4.78 is 6.09. The molecular weight excluding hydrogens is 324 g/mol. The third-order valence-electron chi connectivity index (χ3n) is 5.00. The van der Waals surface area contributed by atoms with Crippen LogP contribution in [0.25, 0.3) is 0 Å². The first-order valence-corrected chi connectivity index (χ1v) is 8.83. The minimum Gasteiger partial charge on any atom is -0.457 e. The van der Waals surface area contributed by atoms with Crippen LogP contribution < -0.4 is 9.75 Å². The summed E-state index contributed by atoms with van der Waals surface area (Å²) >= 11 is 0. The van der Waals surface area contributed by atoms with Crippen LogP contribution >= 0.6 is 0 Å². The predicted molar refractivity (Wildman–Crippen MR) is 100 cm³/mol. The molecule has 0 saturated carbocycles. The van der Waals surface area contributed by atoms with E-state index in [1.807, 2.05) is 83.9 Å². The Morgan fingerprint density at radius 3 is 2.00 bits per heavy atom. The minimum atomic E-state index is -0.189. The lowest BCUT2D eigenvalue weighted by Gasteiger charge is -2.39. The van der Waals surface area contributed by atoms with Crippen LogP contribution in [0.15, 0.2) is 78.9 Å². The molecule has 2 heterocycles. The fourth-order valence-electron chi connectivity index (χ4n) is 3.84. The van der Waals surface area contributed by atoms with E-state index >= 15 is 0 Å². The molecule has 26 heavy (non-hydrogen) atoms. The smallest absolute Gasteiger partial charge is 0.243 e. The van der Waals surface area contributed by atoms with E-state index in [0.29, 0.717) is 13.0 Å². The normalized spacial score (nSPS) is 16.2. The fourth-order valence-corrected chi connectivity index (χ4v) is 3.84. The van der Waals surface area contributed by atoms with Gasteiger partial charge in [-0.15, -0.1) is 0 Å². The van der Waals surface area contributed by atoms with Gasteiger partial charge in [-0.2, -0.15) is 0 Å². The highest BCUT2D eigenvalue weighted by molar-refractivity contribution is 5.83. The SMILES string of the molecule is O=C1CCN(c2ccccc2)N1C1c2ccccc2Oc2ccccc21. The third-order valence-corrected chi connectivity index (χ3v) is 5.00. The van der Waals surface area contributed by atoms with Crippen LogP contribution in [0.3, 0.4) is 0 Å². The number of hydrogen-bond donors (Lipinski definition) is 0. The molecule has 0 radical (unpaired) electrons. The van der Waals surface area contributed by atoms with Crippen LogP contribution in [-0.4, -0.2) is 17.5 Å². The van der Waals surface area contributed by atoms with Crippen molar-refractivity contribution in [2.45, 2.75) is 12.5 Å². The van der Waals surface area contributed by atoms with Crippen molar-refractivity contribution in [1.29, 1.82) is 0 Å². The van der Waals surface area contributed by atoms with Crippen molar-refractivity contribution in [3.63, 3.8) is 0 Å². The van der Waals surface area contributed by atoms with Gasteiger partial charge in [-0.25, -0.2) is 5.01 Å². The molecule has 0 N–H and O–H groups in total. The molecule has 4 nitrogen and oxygen atoms in total. The molecular formula is C22H18N2O2. The van der Waals surface area contributed by atoms with Gasteiger partial charge in [0.25, 0.3) is 0 Å². The Bertz CT molecular complexity index is 925. The quantitative estimate of drug-likeness (QED) is 0.686. The molecule has 128 valence electrons. The van der Waals surface area contributed by atoms with E-state index in [2.05, 4.69) is 5.01 Å². The highest BCUT2D eigenvalue weighted by Crippen LogP contribution is 2.47. The van der Waals surface area contributed by atoms with Crippen molar-refractivity contribution in [2.75, 3.05) is 11.6 Å². The van der Waals surface area contributed by atoms with Gasteiger partial charge >= 0.3 is 0 Å². The molecule has 5 rings (SSSR count). The predicted octanol–water partition coefficient (Wildman–Crippen LogP) is 4.54. The number of anilines is 1. The zero-order valence-electron chi connectivity index (χ0n) is 14.2. The summed E-state index contributed by atoms with van der Waals surface area (Å²) in [5.74, 6) is 1.75. The van der Waals surface area contributed by atoms with Gasteiger partial charge in [0.2, 0.25) is 5.91 Å². The first-order chi connectivity index (χ1) is 12.8. The molecule has 2 aliphatic rings. The van der Waals surface area contributed by atoms with Crippen LogP contribution in [0.1, 0.15) is 23.6 Å². The minimum absolute atomic E-state index is 0.130. The number of hydrazine groups is 1. The average Bonchev–Trinajstić information content (AvgIpc) is 3.08. The summed E-state index contributed by atoms with van der Waals surface area (Å²) in [4.78, 5) is 12.9. The molecule has 2 aliphatic heterocycles. The fraction of sp³-hybridized carbons (Fsp3) is 0.136. The van der Waals surface area contributed by atoms with Gasteiger partial charge in [-0.3, -0.25) is 9.80 Å². The molecule has 0 spiro atoms. The number of fused-ring (bicyclic) bond motifs is 2. The Balaban J connectivity index is 1.68. The van der Waals surface area contributed by atoms with E-state index in [9.17, 15) is 4.79 Å². The Morgan fingerprint density at radius 2 is 1.35 bits per heavy atom. The van der Waals surface area contributed by atoms with E-state index in [4.69, 9.17) is 4.74 Å². The van der Waals surface area contributed by atoms with Crippen molar-refractivity contribution >= 4 is 11.6 Å². The van der Waals surface area contributed by atoms with Crippen molar-refractivity contribution in [3.8, 4) is 11.5 Å². The number of benzene rings is 3. The molecule has 3 aromatic rings. The lowest BCUT2D eigenvalue weighted by Crippen LogP contribution is -2.43. The standard InChI is InChI=1S/C22H18N2O2/c25-21-14-15-23(16-8-2-1-3-9-16)24(21)22-17-10-4-6-12-19(17)26-20-13-7-5-11-18(20)22/h1-13,22H,14-15H2. The maximum Gasteiger partial charge on any atom is 0.243 e. The van der Waals surface area contributed by atoms with Gasteiger partial charge < -0.3 is 4.74 Å². The van der Waals surface area contributed by atoms with Gasteiger partial charge in [-0.05, 0) is 24.3 Å². The van der Waals surface area contributed by atoms with E-state index in [0.717, 1.165) is 28.3 Å². The second-order valence-electron chi connectivity index (χ2n) is 6.53. The Morgan fingerprint density at radius 1 is 0.769 bits per heavy atom. The molecule has 0 bridgehead atoms. The molecule has 4 heteroatoms. The highest BCUT2D eigenvalue weighted by Gasteiger charge is 2.40. The molecule has 0 unspecified atom stereocenters. The summed E-state index contributed by atoms with van der Waals surface area (Å²) in [5, 5.41) is 3.99. The highest BCUT2D eigenvalue weighted by atomic mass is 16.5. The monoisotopic (exact) mass is 342 g/mol. The van der Waals surface area contributed by atoms with Crippen LogP contribution in [0.2, 0.25) is 0 Å². The third kappa shape index (κ3) is 2.26. The maximum atomic E-state index is 12.9. The van der Waals surface area contributed by atoms with Crippen molar-refractivity contribution in [3.05, 3.63) is 90.0 Å². The zero-order chi connectivity index (χ0) is 17.5. The number of hydrogen-bond acceptors (Lipinski definition) is 3. The van der Waals surface area contributed by atoms with E-state index in [1.54, 1.807) is 0 Å². The summed E-state index contributed by atoms with van der Waals surface area (Å²) in [7, 11) is 0. The molecule has 0 aliphatic carbocycles. The largest absolute Gasteiger partial charge is 0.457 e. The summed E-state index contributed by atoms with van der Waals surface area (Å²) in [6, 6.07) is 25.8. The zero-order valence-corrected chi connectivity index (χ0v) is 14.2. The second-order valence-corrected chi connectivity index (χ2v) is 6.53. The molecule has 1 fully saturated rings. The first-order valence-electron chi connectivity index (χ1n) is 8.83. The number of carbonyl (C=O) groups is 1. The van der Waals surface area contributed by atoms with E-state index in [1.165, 1.54) is 0 Å². The Labute approximate surface area is 152 Å². The van der Waals surface area contributed by atoms with E-state index < -0.39 is 0 Å². The van der Waals surface area contributed by atoms with Gasteiger partial charge in [0.05, 0.1) is 5.69 Å². The molecule has 0 atom stereocenters. The number of ether oxygens (including phenoxy) is 1. The number of nitrogens with zero attached hydrogens (tertiary/aromatic N) is 2. The summed E-state index contributed by atoms with van der Waals surface area (Å²) in [5.41, 5.74) is 3.06. The molecule has 1 saturated heterocycles. The molecule has 1 amide bonds. The number of rotatable bonds is 2. The Hall–Kier alpha value is -3.27.